The van der Waals surface area contributed by atoms with Crippen molar-refractivity contribution in [3.63, 3.8) is 0 Å². The number of ether oxygens (including phenoxy) is 2. The number of carbonyl (C=O) groups is 2. The molecule has 0 saturated heterocycles. The standard InChI is InChI=1S/C47H72NO8P/c1-3-5-7-9-11-13-15-17-19-20-21-22-23-24-26-28-30-32-34-36-38-40-47(50)56-45(44-55-57(51,52)54-42-41-48)43-53-46(49)39-37-35-33-31-29-27-25-18-16-14-12-10-8-6-4-2/h5-8,11-14,17-19,21-22,24-26,29-32,35,37,45H,3-4,9-10,15-16,20,23,27-28,33-34,36,38-44,48H2,1-2H3,(H,51,52)/b7-5-,8-6-,13-11-,14-12-,19-17-,22-21-,25-18-,26-24-,31-29-,32-30-,37-35-. The molecule has 0 aliphatic carbocycles. The van der Waals surface area contributed by atoms with E-state index in [0.29, 0.717) is 12.8 Å². The van der Waals surface area contributed by atoms with Gasteiger partial charge in [0.2, 0.25) is 0 Å². The summed E-state index contributed by atoms with van der Waals surface area (Å²) in [6.07, 6.45) is 58.0. The Morgan fingerprint density at radius 2 is 0.947 bits per heavy atom. The van der Waals surface area contributed by atoms with Crippen molar-refractivity contribution in [1.82, 2.24) is 0 Å². The lowest BCUT2D eigenvalue weighted by Gasteiger charge is -2.19. The van der Waals surface area contributed by atoms with Gasteiger partial charge in [0.25, 0.3) is 0 Å². The Hall–Kier alpha value is -3.85. The molecule has 0 saturated carbocycles. The quantitative estimate of drug-likeness (QED) is 0.0274. The second kappa shape index (κ2) is 41.8. The monoisotopic (exact) mass is 809 g/mol. The zero-order valence-corrected chi connectivity index (χ0v) is 35.6. The molecule has 318 valence electrons. The molecule has 0 aromatic rings. The average Bonchev–Trinajstić information content (AvgIpc) is 3.20. The SMILES string of the molecule is CC/C=C\C/C=C\C/C=C\C/C=C\C/C=C\C/C=C\CCCCC(=O)OC(COC(=O)C/C=C\C/C=C\C/C=C\C/C=C\C/C=C\CC)COP(=O)(O)OCCN. The highest BCUT2D eigenvalue weighted by molar-refractivity contribution is 7.47. The van der Waals surface area contributed by atoms with Crippen LogP contribution in [-0.4, -0.2) is 49.3 Å². The number of esters is 2. The number of hydrogen-bond acceptors (Lipinski definition) is 8. The second-order valence-electron chi connectivity index (χ2n) is 12.8. The van der Waals surface area contributed by atoms with Crippen LogP contribution in [0.5, 0.6) is 0 Å². The number of nitrogens with two attached hydrogens (primary N) is 1. The highest BCUT2D eigenvalue weighted by Crippen LogP contribution is 2.43. The second-order valence-corrected chi connectivity index (χ2v) is 14.2. The summed E-state index contributed by atoms with van der Waals surface area (Å²) in [6.45, 7) is 3.29. The fourth-order valence-electron chi connectivity index (χ4n) is 4.59. The Morgan fingerprint density at radius 3 is 1.37 bits per heavy atom. The van der Waals surface area contributed by atoms with E-state index in [4.69, 9.17) is 24.3 Å². The van der Waals surface area contributed by atoms with Crippen LogP contribution >= 0.6 is 7.82 Å². The minimum atomic E-state index is -4.42. The van der Waals surface area contributed by atoms with E-state index >= 15 is 0 Å². The van der Waals surface area contributed by atoms with Crippen LogP contribution in [0.2, 0.25) is 0 Å². The minimum absolute atomic E-state index is 0.0261. The van der Waals surface area contributed by atoms with Crippen molar-refractivity contribution in [2.45, 2.75) is 123 Å². The summed E-state index contributed by atoms with van der Waals surface area (Å²) in [6, 6.07) is 0. The third-order valence-corrected chi connectivity index (χ3v) is 8.55. The summed E-state index contributed by atoms with van der Waals surface area (Å²) in [4.78, 5) is 34.8. The van der Waals surface area contributed by atoms with Gasteiger partial charge in [0.05, 0.1) is 19.6 Å². The summed E-state index contributed by atoms with van der Waals surface area (Å²) in [5, 5.41) is 0. The van der Waals surface area contributed by atoms with E-state index in [1.807, 2.05) is 12.2 Å². The van der Waals surface area contributed by atoms with Gasteiger partial charge in [-0.05, 0) is 89.9 Å². The molecule has 10 heteroatoms. The summed E-state index contributed by atoms with van der Waals surface area (Å²) in [5.74, 6) is -1.05. The number of carbonyl (C=O) groups excluding carboxylic acids is 2. The smallest absolute Gasteiger partial charge is 0.461 e. The molecule has 0 spiro atoms. The topological polar surface area (TPSA) is 134 Å². The molecular formula is C47H72NO8P. The zero-order chi connectivity index (χ0) is 41.8. The van der Waals surface area contributed by atoms with Crippen molar-refractivity contribution < 1.29 is 37.6 Å². The number of rotatable bonds is 36. The first kappa shape index (κ1) is 53.1. The first-order chi connectivity index (χ1) is 27.8. The molecule has 0 bridgehead atoms. The van der Waals surface area contributed by atoms with Crippen molar-refractivity contribution in [2.75, 3.05) is 26.4 Å². The third-order valence-electron chi connectivity index (χ3n) is 7.56. The molecule has 0 heterocycles. The fraction of sp³-hybridized carbons (Fsp3) is 0.489. The number of hydrogen-bond donors (Lipinski definition) is 2. The number of allylic oxidation sites excluding steroid dienone is 21. The van der Waals surface area contributed by atoms with Gasteiger partial charge in [-0.3, -0.25) is 18.6 Å². The van der Waals surface area contributed by atoms with Crippen molar-refractivity contribution in [3.05, 3.63) is 134 Å². The van der Waals surface area contributed by atoms with Gasteiger partial charge < -0.3 is 20.1 Å². The normalized spacial score (nSPS) is 14.7. The van der Waals surface area contributed by atoms with E-state index in [-0.39, 0.29) is 32.6 Å². The molecule has 57 heavy (non-hydrogen) atoms. The van der Waals surface area contributed by atoms with E-state index in [1.165, 1.54) is 0 Å². The highest BCUT2D eigenvalue weighted by atomic mass is 31.2. The molecule has 0 fully saturated rings. The summed E-state index contributed by atoms with van der Waals surface area (Å²) in [5.41, 5.74) is 5.33. The minimum Gasteiger partial charge on any atom is -0.461 e. The van der Waals surface area contributed by atoms with E-state index in [0.717, 1.165) is 77.0 Å². The lowest BCUT2D eigenvalue weighted by Crippen LogP contribution is -2.29. The first-order valence-corrected chi connectivity index (χ1v) is 22.2. The maximum atomic E-state index is 12.6. The molecule has 0 aliphatic heterocycles. The number of phosphoric acid groups is 1. The fourth-order valence-corrected chi connectivity index (χ4v) is 5.36. The predicted molar refractivity (Wildman–Crippen MR) is 237 cm³/mol. The van der Waals surface area contributed by atoms with Crippen LogP contribution in [0.15, 0.2) is 134 Å². The van der Waals surface area contributed by atoms with Crippen molar-refractivity contribution >= 4 is 19.8 Å². The summed E-state index contributed by atoms with van der Waals surface area (Å²) in [7, 11) is -4.42. The van der Waals surface area contributed by atoms with Crippen LogP contribution in [-0.2, 0) is 32.7 Å². The van der Waals surface area contributed by atoms with E-state index in [2.05, 4.69) is 129 Å². The Balaban J connectivity index is 4.42. The van der Waals surface area contributed by atoms with Crippen LogP contribution in [0.3, 0.4) is 0 Å². The Morgan fingerprint density at radius 1 is 0.544 bits per heavy atom. The van der Waals surface area contributed by atoms with Crippen LogP contribution in [0.4, 0.5) is 0 Å². The maximum Gasteiger partial charge on any atom is 0.472 e. The lowest BCUT2D eigenvalue weighted by atomic mass is 10.2. The Kier molecular flexibility index (Phi) is 39.0. The van der Waals surface area contributed by atoms with Gasteiger partial charge in [-0.25, -0.2) is 4.57 Å². The number of unbranched alkanes of at least 4 members (excludes halogenated alkanes) is 2. The molecule has 2 unspecified atom stereocenters. The van der Waals surface area contributed by atoms with Crippen molar-refractivity contribution in [1.29, 1.82) is 0 Å². The average molecular weight is 810 g/mol. The van der Waals surface area contributed by atoms with Crippen molar-refractivity contribution in [2.24, 2.45) is 5.73 Å². The van der Waals surface area contributed by atoms with Gasteiger partial charge in [-0.2, -0.15) is 0 Å². The van der Waals surface area contributed by atoms with Crippen molar-refractivity contribution in [3.8, 4) is 0 Å². The van der Waals surface area contributed by atoms with E-state index in [9.17, 15) is 19.0 Å². The molecular weight excluding hydrogens is 737 g/mol. The molecule has 0 aromatic carbocycles. The molecule has 0 amide bonds. The van der Waals surface area contributed by atoms with Crippen LogP contribution in [0.25, 0.3) is 0 Å². The van der Waals surface area contributed by atoms with Gasteiger partial charge in [0, 0.05) is 13.0 Å². The third kappa shape index (κ3) is 41.6. The molecule has 0 radical (unpaired) electrons. The van der Waals surface area contributed by atoms with Gasteiger partial charge in [-0.15, -0.1) is 0 Å². The van der Waals surface area contributed by atoms with Gasteiger partial charge in [-0.1, -0.05) is 148 Å². The summed E-state index contributed by atoms with van der Waals surface area (Å²) < 4.78 is 32.6. The van der Waals surface area contributed by atoms with E-state index < -0.39 is 32.5 Å². The van der Waals surface area contributed by atoms with E-state index in [1.54, 1.807) is 6.08 Å². The largest absolute Gasteiger partial charge is 0.472 e. The molecule has 0 aliphatic rings. The summed E-state index contributed by atoms with van der Waals surface area (Å²) >= 11 is 0. The van der Waals surface area contributed by atoms with Gasteiger partial charge in [0.15, 0.2) is 6.10 Å². The van der Waals surface area contributed by atoms with Gasteiger partial charge >= 0.3 is 19.8 Å². The Bertz CT molecular complexity index is 1380. The molecule has 9 nitrogen and oxygen atoms in total. The van der Waals surface area contributed by atoms with Crippen LogP contribution in [0, 0.1) is 0 Å². The lowest BCUT2D eigenvalue weighted by molar-refractivity contribution is -0.160. The maximum absolute atomic E-state index is 12.6. The van der Waals surface area contributed by atoms with Crippen LogP contribution in [0.1, 0.15) is 117 Å². The first-order valence-electron chi connectivity index (χ1n) is 20.7. The molecule has 0 rings (SSSR count). The van der Waals surface area contributed by atoms with Crippen LogP contribution < -0.4 is 5.73 Å². The highest BCUT2D eigenvalue weighted by Gasteiger charge is 2.25. The number of phosphoric ester groups is 1. The molecule has 3 N–H and O–H groups in total. The Labute approximate surface area is 344 Å². The predicted octanol–water partition coefficient (Wildman–Crippen LogP) is 11.9. The molecule has 0 aromatic heterocycles. The zero-order valence-electron chi connectivity index (χ0n) is 34.8. The van der Waals surface area contributed by atoms with Gasteiger partial charge in [0.1, 0.15) is 6.61 Å². The molecule has 2 atom stereocenters.